The fourth-order valence-corrected chi connectivity index (χ4v) is 1.12. The van der Waals surface area contributed by atoms with Crippen molar-refractivity contribution in [1.29, 1.82) is 0 Å². The highest BCUT2D eigenvalue weighted by Gasteiger charge is 2.26. The number of hydrogen-bond acceptors (Lipinski definition) is 3. The van der Waals surface area contributed by atoms with Crippen molar-refractivity contribution in [3.8, 4) is 0 Å². The molecule has 0 aromatic rings. The molecule has 0 fully saturated rings. The van der Waals surface area contributed by atoms with Gasteiger partial charge in [-0.15, -0.1) is 0 Å². The Balaban J connectivity index is 2.97. The summed E-state index contributed by atoms with van der Waals surface area (Å²) in [6.45, 7) is 6.75. The number of nitrogens with one attached hydrogen (secondary N) is 1. The summed E-state index contributed by atoms with van der Waals surface area (Å²) < 4.78 is 0. The molecule has 0 saturated heterocycles. The van der Waals surface area contributed by atoms with E-state index >= 15 is 0 Å². The maximum atomic E-state index is 11.7. The molecule has 86 valence electrons. The van der Waals surface area contributed by atoms with Crippen LogP contribution in [0, 0.1) is 5.41 Å². The second-order valence-corrected chi connectivity index (χ2v) is 4.77. The van der Waals surface area contributed by atoms with E-state index < -0.39 is 5.41 Å². The van der Waals surface area contributed by atoms with E-state index in [4.69, 9.17) is 0 Å². The van der Waals surface area contributed by atoms with E-state index in [0.717, 1.165) is 0 Å². The van der Waals surface area contributed by atoms with E-state index in [1.54, 1.807) is 20.8 Å². The van der Waals surface area contributed by atoms with Crippen LogP contribution in [0.1, 0.15) is 27.7 Å². The predicted octanol–water partition coefficient (Wildman–Crippen LogP) is 1.13. The van der Waals surface area contributed by atoms with Crippen LogP contribution in [-0.2, 0) is 14.4 Å². The SMILES string of the molecule is CC1=C(NC(=O)C(C)(C)C)C(=O)C=CC1=O. The highest BCUT2D eigenvalue weighted by atomic mass is 16.2. The molecule has 1 amide bonds. The number of carbonyl (C=O) groups excluding carboxylic acids is 3. The zero-order valence-electron chi connectivity index (χ0n) is 9.88. The van der Waals surface area contributed by atoms with Gasteiger partial charge in [-0.1, -0.05) is 20.8 Å². The smallest absolute Gasteiger partial charge is 0.229 e. The monoisotopic (exact) mass is 221 g/mol. The van der Waals surface area contributed by atoms with Crippen molar-refractivity contribution >= 4 is 17.5 Å². The summed E-state index contributed by atoms with van der Waals surface area (Å²) in [5.74, 6) is -0.864. The fourth-order valence-electron chi connectivity index (χ4n) is 1.12. The number of allylic oxidation sites excluding steroid dienone is 3. The second-order valence-electron chi connectivity index (χ2n) is 4.77. The molecule has 4 heteroatoms. The molecule has 0 bridgehead atoms. The molecule has 4 nitrogen and oxygen atoms in total. The van der Waals surface area contributed by atoms with E-state index in [1.807, 2.05) is 0 Å². The van der Waals surface area contributed by atoms with Crippen molar-refractivity contribution in [1.82, 2.24) is 5.32 Å². The second kappa shape index (κ2) is 4.04. The number of ketones is 2. The quantitative estimate of drug-likeness (QED) is 0.675. The van der Waals surface area contributed by atoms with E-state index in [9.17, 15) is 14.4 Å². The molecule has 0 aromatic carbocycles. The predicted molar refractivity (Wildman–Crippen MR) is 59.5 cm³/mol. The summed E-state index contributed by atoms with van der Waals surface area (Å²) in [5, 5.41) is 2.51. The van der Waals surface area contributed by atoms with Crippen LogP contribution in [0.25, 0.3) is 0 Å². The highest BCUT2D eigenvalue weighted by molar-refractivity contribution is 6.20. The van der Waals surface area contributed by atoms with Crippen LogP contribution in [0.5, 0.6) is 0 Å². The van der Waals surface area contributed by atoms with Gasteiger partial charge in [0.1, 0.15) is 0 Å². The molecule has 1 rings (SSSR count). The van der Waals surface area contributed by atoms with E-state index in [2.05, 4.69) is 5.32 Å². The third-order valence-electron chi connectivity index (χ3n) is 2.30. The summed E-state index contributed by atoms with van der Waals surface area (Å²) in [6.07, 6.45) is 2.39. The van der Waals surface area contributed by atoms with Crippen LogP contribution in [-0.4, -0.2) is 17.5 Å². The first-order valence-electron chi connectivity index (χ1n) is 5.02. The lowest BCUT2D eigenvalue weighted by Crippen LogP contribution is -2.38. The third kappa shape index (κ3) is 2.45. The van der Waals surface area contributed by atoms with Crippen LogP contribution in [0.15, 0.2) is 23.4 Å². The van der Waals surface area contributed by atoms with Gasteiger partial charge in [-0.2, -0.15) is 0 Å². The molecular formula is C12H15NO3. The average Bonchev–Trinajstić information content (AvgIpc) is 2.17. The minimum absolute atomic E-state index is 0.0902. The van der Waals surface area contributed by atoms with Crippen molar-refractivity contribution in [2.45, 2.75) is 27.7 Å². The van der Waals surface area contributed by atoms with E-state index in [-0.39, 0.29) is 28.7 Å². The van der Waals surface area contributed by atoms with Crippen molar-refractivity contribution < 1.29 is 14.4 Å². The number of carbonyl (C=O) groups is 3. The van der Waals surface area contributed by atoms with Crippen molar-refractivity contribution in [3.05, 3.63) is 23.4 Å². The summed E-state index contributed by atoms with van der Waals surface area (Å²) in [6, 6.07) is 0. The summed E-state index contributed by atoms with van der Waals surface area (Å²) in [5.41, 5.74) is -0.227. The molecule has 1 aliphatic carbocycles. The minimum Gasteiger partial charge on any atom is -0.322 e. The molecule has 0 heterocycles. The lowest BCUT2D eigenvalue weighted by atomic mass is 9.94. The Morgan fingerprint density at radius 3 is 2.12 bits per heavy atom. The first kappa shape index (κ1) is 12.4. The van der Waals surface area contributed by atoms with Crippen molar-refractivity contribution in [2.24, 2.45) is 5.41 Å². The lowest BCUT2D eigenvalue weighted by Gasteiger charge is -2.20. The fraction of sp³-hybridized carbons (Fsp3) is 0.417. The molecule has 1 N–H and O–H groups in total. The van der Waals surface area contributed by atoms with Gasteiger partial charge in [-0.05, 0) is 19.1 Å². The van der Waals surface area contributed by atoms with Gasteiger partial charge >= 0.3 is 0 Å². The Morgan fingerprint density at radius 1 is 1.12 bits per heavy atom. The Kier molecular flexibility index (Phi) is 3.12. The zero-order chi connectivity index (χ0) is 12.5. The van der Waals surface area contributed by atoms with Gasteiger partial charge in [0.2, 0.25) is 11.7 Å². The van der Waals surface area contributed by atoms with Gasteiger partial charge in [-0.3, -0.25) is 14.4 Å². The minimum atomic E-state index is -0.599. The first-order chi connectivity index (χ1) is 7.23. The molecule has 0 saturated carbocycles. The van der Waals surface area contributed by atoms with E-state index in [1.165, 1.54) is 19.1 Å². The topological polar surface area (TPSA) is 63.2 Å². The molecule has 0 atom stereocenters. The zero-order valence-corrected chi connectivity index (χ0v) is 9.88. The van der Waals surface area contributed by atoms with Crippen molar-refractivity contribution in [2.75, 3.05) is 0 Å². The molecule has 0 spiro atoms. The number of amides is 1. The Labute approximate surface area is 94.4 Å². The van der Waals surface area contributed by atoms with Gasteiger partial charge in [0.05, 0.1) is 5.70 Å². The highest BCUT2D eigenvalue weighted by Crippen LogP contribution is 2.16. The van der Waals surface area contributed by atoms with Crippen LogP contribution in [0.2, 0.25) is 0 Å². The number of hydrogen-bond donors (Lipinski definition) is 1. The lowest BCUT2D eigenvalue weighted by molar-refractivity contribution is -0.128. The summed E-state index contributed by atoms with van der Waals surface area (Å²) >= 11 is 0. The largest absolute Gasteiger partial charge is 0.322 e. The normalized spacial score (nSPS) is 16.8. The van der Waals surface area contributed by atoms with Crippen LogP contribution in [0.3, 0.4) is 0 Å². The van der Waals surface area contributed by atoms with Gasteiger partial charge in [-0.25, -0.2) is 0 Å². The van der Waals surface area contributed by atoms with Gasteiger partial charge in [0.15, 0.2) is 5.78 Å². The van der Waals surface area contributed by atoms with Crippen LogP contribution in [0.4, 0.5) is 0 Å². The van der Waals surface area contributed by atoms with Crippen molar-refractivity contribution in [3.63, 3.8) is 0 Å². The Morgan fingerprint density at radius 2 is 1.62 bits per heavy atom. The summed E-state index contributed by atoms with van der Waals surface area (Å²) in [7, 11) is 0. The standard InChI is InChI=1S/C12H15NO3/c1-7-8(14)5-6-9(15)10(7)13-11(16)12(2,3)4/h5-6H,1-4H3,(H,13,16). The maximum absolute atomic E-state index is 11.7. The molecule has 16 heavy (non-hydrogen) atoms. The number of rotatable bonds is 1. The molecule has 0 aromatic heterocycles. The molecule has 0 aliphatic heterocycles. The first-order valence-corrected chi connectivity index (χ1v) is 5.02. The molecule has 0 unspecified atom stereocenters. The van der Waals surface area contributed by atoms with E-state index in [0.29, 0.717) is 0 Å². The molecule has 0 radical (unpaired) electrons. The molecular weight excluding hydrogens is 206 g/mol. The van der Waals surface area contributed by atoms with Gasteiger partial charge in [0, 0.05) is 11.0 Å². The Bertz CT molecular complexity index is 422. The third-order valence-corrected chi connectivity index (χ3v) is 2.30. The Hall–Kier alpha value is -1.71. The van der Waals surface area contributed by atoms with Gasteiger partial charge < -0.3 is 5.32 Å². The maximum Gasteiger partial charge on any atom is 0.229 e. The summed E-state index contributed by atoms with van der Waals surface area (Å²) in [4.78, 5) is 34.5. The van der Waals surface area contributed by atoms with Crippen LogP contribution >= 0.6 is 0 Å². The van der Waals surface area contributed by atoms with Crippen LogP contribution < -0.4 is 5.32 Å². The van der Waals surface area contributed by atoms with Gasteiger partial charge in [0.25, 0.3) is 0 Å². The average molecular weight is 221 g/mol. The molecule has 1 aliphatic rings.